The molecule has 0 amide bonds. The van der Waals surface area contributed by atoms with E-state index in [0.717, 1.165) is 19.3 Å². The monoisotopic (exact) mass is 462 g/mol. The first-order valence-electron chi connectivity index (χ1n) is 12.0. The smallest absolute Gasteiger partial charge is 0.298 e. The van der Waals surface area contributed by atoms with Gasteiger partial charge in [0.15, 0.2) is 17.2 Å². The standard InChI is InChI=1S/C26H38O5S/c1-2-3-4-5-6-7-8-9-10-11-12-13-17-22-18-16-21-25(32(28,29)30)26(22)31-24-20-15-14-19-23(24)27/h14-16,18-21,27H,2-13,17H2,1H3,(H,28,29,30). The Morgan fingerprint density at radius 2 is 1.31 bits per heavy atom. The largest absolute Gasteiger partial charge is 0.504 e. The van der Waals surface area contributed by atoms with Crippen LogP contribution in [0.5, 0.6) is 17.2 Å². The van der Waals surface area contributed by atoms with Gasteiger partial charge < -0.3 is 9.84 Å². The number of aromatic hydroxyl groups is 1. The lowest BCUT2D eigenvalue weighted by molar-refractivity contribution is 0.398. The van der Waals surface area contributed by atoms with E-state index < -0.39 is 10.1 Å². The molecule has 0 radical (unpaired) electrons. The van der Waals surface area contributed by atoms with E-state index in [1.54, 1.807) is 24.3 Å². The molecular weight excluding hydrogens is 424 g/mol. The van der Waals surface area contributed by atoms with Gasteiger partial charge in [0.1, 0.15) is 4.90 Å². The molecule has 2 rings (SSSR count). The third kappa shape index (κ3) is 9.21. The first-order chi connectivity index (χ1) is 15.4. The molecular formula is C26H38O5S. The maximum Gasteiger partial charge on any atom is 0.298 e. The molecule has 0 aliphatic heterocycles. The third-order valence-corrected chi connectivity index (χ3v) is 6.59. The van der Waals surface area contributed by atoms with Crippen LogP contribution in [0, 0.1) is 0 Å². The molecule has 0 fully saturated rings. The van der Waals surface area contributed by atoms with Gasteiger partial charge in [-0.2, -0.15) is 8.42 Å². The lowest BCUT2D eigenvalue weighted by Gasteiger charge is -2.15. The maximum absolute atomic E-state index is 11.9. The summed E-state index contributed by atoms with van der Waals surface area (Å²) >= 11 is 0. The van der Waals surface area contributed by atoms with Gasteiger partial charge in [-0.1, -0.05) is 102 Å². The number of rotatable bonds is 16. The second-order valence-electron chi connectivity index (χ2n) is 8.43. The van der Waals surface area contributed by atoms with Crippen LogP contribution in [0.2, 0.25) is 0 Å². The van der Waals surface area contributed by atoms with Crippen LogP contribution in [0.3, 0.4) is 0 Å². The van der Waals surface area contributed by atoms with Gasteiger partial charge in [-0.3, -0.25) is 4.55 Å². The van der Waals surface area contributed by atoms with Crippen LogP contribution in [0.15, 0.2) is 47.4 Å². The average molecular weight is 463 g/mol. The van der Waals surface area contributed by atoms with E-state index in [1.807, 2.05) is 6.07 Å². The number of hydrogen-bond donors (Lipinski definition) is 2. The molecule has 0 aromatic heterocycles. The SMILES string of the molecule is CCCCCCCCCCCCCCc1cccc(S(=O)(=O)O)c1Oc1ccccc1O. The van der Waals surface area contributed by atoms with Crippen molar-refractivity contribution in [2.45, 2.75) is 95.3 Å². The fraction of sp³-hybridized carbons (Fsp3) is 0.538. The van der Waals surface area contributed by atoms with E-state index >= 15 is 0 Å². The summed E-state index contributed by atoms with van der Waals surface area (Å²) in [4.78, 5) is -0.280. The average Bonchev–Trinajstić information content (AvgIpc) is 2.76. The second-order valence-corrected chi connectivity index (χ2v) is 9.82. The Balaban J connectivity index is 1.83. The lowest BCUT2D eigenvalue weighted by Crippen LogP contribution is -2.04. The van der Waals surface area contributed by atoms with Gasteiger partial charge in [0.2, 0.25) is 0 Å². The number of unbranched alkanes of at least 4 members (excludes halogenated alkanes) is 11. The summed E-state index contributed by atoms with van der Waals surface area (Å²) in [5, 5.41) is 10.0. The predicted molar refractivity (Wildman–Crippen MR) is 129 cm³/mol. The van der Waals surface area contributed by atoms with Crippen molar-refractivity contribution >= 4 is 10.1 Å². The number of phenolic OH excluding ortho intramolecular Hbond substituents is 1. The number of aryl methyl sites for hydroxylation is 1. The van der Waals surface area contributed by atoms with E-state index in [0.29, 0.717) is 12.0 Å². The summed E-state index contributed by atoms with van der Waals surface area (Å²) < 4.78 is 39.1. The van der Waals surface area contributed by atoms with Crippen LogP contribution in [0.4, 0.5) is 0 Å². The van der Waals surface area contributed by atoms with Crippen molar-refractivity contribution < 1.29 is 22.8 Å². The molecule has 0 heterocycles. The molecule has 0 aliphatic carbocycles. The molecule has 0 aliphatic rings. The van der Waals surface area contributed by atoms with Gasteiger partial charge in [0, 0.05) is 0 Å². The first kappa shape index (κ1) is 26.2. The van der Waals surface area contributed by atoms with Crippen LogP contribution >= 0.6 is 0 Å². The zero-order valence-corrected chi connectivity index (χ0v) is 20.1. The molecule has 5 nitrogen and oxygen atoms in total. The highest BCUT2D eigenvalue weighted by Crippen LogP contribution is 2.37. The minimum absolute atomic E-state index is 0.0829. The molecule has 178 valence electrons. The number of hydrogen-bond acceptors (Lipinski definition) is 4. The van der Waals surface area contributed by atoms with Gasteiger partial charge >= 0.3 is 0 Å². The molecule has 32 heavy (non-hydrogen) atoms. The molecule has 0 saturated heterocycles. The van der Waals surface area contributed by atoms with Crippen molar-refractivity contribution in [2.75, 3.05) is 0 Å². The highest BCUT2D eigenvalue weighted by atomic mass is 32.2. The summed E-state index contributed by atoms with van der Waals surface area (Å²) in [5.74, 6) is 0.146. The molecule has 2 N–H and O–H groups in total. The highest BCUT2D eigenvalue weighted by molar-refractivity contribution is 7.86. The Bertz CT molecular complexity index is 908. The van der Waals surface area contributed by atoms with E-state index in [-0.39, 0.29) is 22.1 Å². The van der Waals surface area contributed by atoms with E-state index in [1.165, 1.54) is 69.9 Å². The van der Waals surface area contributed by atoms with Gasteiger partial charge in [-0.05, 0) is 36.6 Å². The quantitative estimate of drug-likeness (QED) is 0.197. The van der Waals surface area contributed by atoms with Crippen LogP contribution < -0.4 is 4.74 Å². The minimum Gasteiger partial charge on any atom is -0.504 e. The molecule has 2 aromatic carbocycles. The van der Waals surface area contributed by atoms with Gasteiger partial charge in [0.25, 0.3) is 10.1 Å². The first-order valence-corrected chi connectivity index (χ1v) is 13.4. The highest BCUT2D eigenvalue weighted by Gasteiger charge is 2.21. The molecule has 0 unspecified atom stereocenters. The van der Waals surface area contributed by atoms with Crippen molar-refractivity contribution in [3.63, 3.8) is 0 Å². The zero-order chi connectivity index (χ0) is 23.2. The molecule has 0 atom stereocenters. The number of para-hydroxylation sites is 3. The Kier molecular flexibility index (Phi) is 11.6. The lowest BCUT2D eigenvalue weighted by atomic mass is 10.0. The van der Waals surface area contributed by atoms with E-state index in [9.17, 15) is 18.1 Å². The second kappa shape index (κ2) is 14.2. The van der Waals surface area contributed by atoms with Crippen molar-refractivity contribution in [3.8, 4) is 17.2 Å². The summed E-state index contributed by atoms with van der Waals surface area (Å²) in [7, 11) is -4.45. The predicted octanol–water partition coefficient (Wildman–Crippen LogP) is 7.67. The topological polar surface area (TPSA) is 83.8 Å². The third-order valence-electron chi connectivity index (χ3n) is 5.72. The van der Waals surface area contributed by atoms with E-state index in [4.69, 9.17) is 4.74 Å². The van der Waals surface area contributed by atoms with Crippen molar-refractivity contribution in [2.24, 2.45) is 0 Å². The summed E-state index contributed by atoms with van der Waals surface area (Å²) in [6, 6.07) is 11.1. The van der Waals surface area contributed by atoms with Gasteiger partial charge in [-0.15, -0.1) is 0 Å². The van der Waals surface area contributed by atoms with Crippen LogP contribution in [-0.2, 0) is 16.5 Å². The Morgan fingerprint density at radius 3 is 1.88 bits per heavy atom. The molecule has 0 saturated carbocycles. The number of phenols is 1. The number of benzene rings is 2. The normalized spacial score (nSPS) is 11.6. The summed E-state index contributed by atoms with van der Waals surface area (Å²) in [6.45, 7) is 2.24. The van der Waals surface area contributed by atoms with Gasteiger partial charge in [-0.25, -0.2) is 0 Å². The maximum atomic E-state index is 11.9. The Morgan fingerprint density at radius 1 is 0.750 bits per heavy atom. The van der Waals surface area contributed by atoms with Crippen LogP contribution in [-0.4, -0.2) is 18.1 Å². The van der Waals surface area contributed by atoms with E-state index in [2.05, 4.69) is 6.92 Å². The fourth-order valence-electron chi connectivity index (χ4n) is 3.89. The molecule has 6 heteroatoms. The van der Waals surface area contributed by atoms with Crippen molar-refractivity contribution in [3.05, 3.63) is 48.0 Å². The van der Waals surface area contributed by atoms with Crippen LogP contribution in [0.1, 0.15) is 89.5 Å². The van der Waals surface area contributed by atoms with Crippen LogP contribution in [0.25, 0.3) is 0 Å². The molecule has 0 bridgehead atoms. The molecule has 2 aromatic rings. The van der Waals surface area contributed by atoms with Crippen molar-refractivity contribution in [1.82, 2.24) is 0 Å². The number of ether oxygens (including phenoxy) is 1. The molecule has 0 spiro atoms. The Labute approximate surface area is 193 Å². The zero-order valence-electron chi connectivity index (χ0n) is 19.3. The Hall–Kier alpha value is -2.05. The minimum atomic E-state index is -4.45. The van der Waals surface area contributed by atoms with Gasteiger partial charge in [0.05, 0.1) is 0 Å². The van der Waals surface area contributed by atoms with Crippen molar-refractivity contribution in [1.29, 1.82) is 0 Å². The fourth-order valence-corrected chi connectivity index (χ4v) is 4.54. The summed E-state index contributed by atoms with van der Waals surface area (Å²) in [6.07, 6.45) is 15.6. The summed E-state index contributed by atoms with van der Waals surface area (Å²) in [5.41, 5.74) is 0.704.